The maximum Gasteiger partial charge on any atom is 0.241 e. The molecule has 44 heavy (non-hydrogen) atoms. The molecule has 0 saturated carbocycles. The summed E-state index contributed by atoms with van der Waals surface area (Å²) in [7, 11) is -8.08. The van der Waals surface area contributed by atoms with Gasteiger partial charge in [-0.05, 0) is 97.9 Å². The molecule has 3 rings (SSSR count). The van der Waals surface area contributed by atoms with Gasteiger partial charge >= 0.3 is 0 Å². The van der Waals surface area contributed by atoms with Crippen LogP contribution >= 0.6 is 23.6 Å². The molecule has 0 bridgehead atoms. The SMILES string of the molecule is CC(=O)Nc1ccc(-c2ncc(-c3ccc(NC(=S)NC(C)C)cc3S(=O)(=O)NC(C)(C)C)s2)c(S(=O)(=O)NC(C)(C)C)c1. The van der Waals surface area contributed by atoms with Crippen LogP contribution in [0.4, 0.5) is 11.4 Å². The standard InChI is InChI=1S/C29H40N6O5S4/c1-17(2)31-27(41)33-20-10-12-21(24(15-20)43(37,38)34-28(4,5)6)23-16-30-26(42-23)22-13-11-19(32-18(3)36)14-25(22)44(39,40)35-29(7,8)9/h10-17,34-35H,1-9H3,(H,32,36)(H2,31,33,41). The van der Waals surface area contributed by atoms with Crippen LogP contribution in [-0.4, -0.2) is 50.0 Å². The molecule has 0 aliphatic heterocycles. The Morgan fingerprint density at radius 3 is 1.77 bits per heavy atom. The fourth-order valence-corrected chi connectivity index (χ4v) is 8.89. The van der Waals surface area contributed by atoms with E-state index in [1.54, 1.807) is 65.8 Å². The van der Waals surface area contributed by atoms with Gasteiger partial charge in [0.2, 0.25) is 26.0 Å². The molecule has 2 aromatic carbocycles. The van der Waals surface area contributed by atoms with Crippen LogP contribution in [0.3, 0.4) is 0 Å². The Morgan fingerprint density at radius 1 is 0.818 bits per heavy atom. The number of anilines is 2. The predicted octanol–water partition coefficient (Wildman–Crippen LogP) is 5.28. The van der Waals surface area contributed by atoms with Gasteiger partial charge < -0.3 is 16.0 Å². The Balaban J connectivity index is 2.18. The second-order valence-corrected chi connectivity index (χ2v) is 17.3. The van der Waals surface area contributed by atoms with Gasteiger partial charge in [0.1, 0.15) is 5.01 Å². The average Bonchev–Trinajstić information content (AvgIpc) is 3.30. The van der Waals surface area contributed by atoms with Crippen LogP contribution in [0.5, 0.6) is 0 Å². The van der Waals surface area contributed by atoms with Gasteiger partial charge in [-0.2, -0.15) is 0 Å². The molecule has 240 valence electrons. The van der Waals surface area contributed by atoms with E-state index in [9.17, 15) is 21.6 Å². The Bertz CT molecular complexity index is 1770. The Morgan fingerprint density at radius 2 is 1.30 bits per heavy atom. The minimum atomic E-state index is -4.06. The summed E-state index contributed by atoms with van der Waals surface area (Å²) in [5.74, 6) is -0.349. The number of sulfonamides is 2. The first-order chi connectivity index (χ1) is 20.1. The van der Waals surface area contributed by atoms with Crippen LogP contribution in [-0.2, 0) is 24.8 Å². The van der Waals surface area contributed by atoms with Crippen molar-refractivity contribution < 1.29 is 21.6 Å². The number of amides is 1. The van der Waals surface area contributed by atoms with E-state index in [1.165, 1.54) is 25.3 Å². The van der Waals surface area contributed by atoms with Crippen molar-refractivity contribution in [2.24, 2.45) is 0 Å². The highest BCUT2D eigenvalue weighted by Gasteiger charge is 2.29. The molecule has 1 aromatic heterocycles. The summed E-state index contributed by atoms with van der Waals surface area (Å²) in [6, 6.07) is 9.49. The number of carbonyl (C=O) groups is 1. The second kappa shape index (κ2) is 13.2. The number of hydrogen-bond acceptors (Lipinski definition) is 8. The van der Waals surface area contributed by atoms with Gasteiger partial charge in [-0.3, -0.25) is 4.79 Å². The lowest BCUT2D eigenvalue weighted by atomic mass is 10.1. The van der Waals surface area contributed by atoms with Crippen LogP contribution in [0.2, 0.25) is 0 Å². The number of thiocarbonyl (C=S) groups is 1. The number of hydrogen-bond donors (Lipinski definition) is 5. The summed E-state index contributed by atoms with van der Waals surface area (Å²) in [4.78, 5) is 16.6. The van der Waals surface area contributed by atoms with Crippen molar-refractivity contribution in [2.75, 3.05) is 10.6 Å². The number of nitrogens with zero attached hydrogens (tertiary/aromatic N) is 1. The zero-order valence-corrected chi connectivity index (χ0v) is 29.5. The van der Waals surface area contributed by atoms with Crippen molar-refractivity contribution in [1.82, 2.24) is 19.7 Å². The van der Waals surface area contributed by atoms with E-state index in [0.717, 1.165) is 11.3 Å². The molecule has 0 spiro atoms. The summed E-state index contributed by atoms with van der Waals surface area (Å²) in [5.41, 5.74) is -0.0758. The second-order valence-electron chi connectivity index (χ2n) is 12.6. The van der Waals surface area contributed by atoms with Crippen molar-refractivity contribution in [3.05, 3.63) is 42.6 Å². The molecule has 0 aliphatic rings. The molecule has 15 heteroatoms. The molecule has 0 radical (unpaired) electrons. The third-order valence-corrected chi connectivity index (χ3v) is 10.3. The van der Waals surface area contributed by atoms with Gasteiger partial charge in [-0.15, -0.1) is 11.3 Å². The third-order valence-electron chi connectivity index (χ3n) is 5.42. The summed E-state index contributed by atoms with van der Waals surface area (Å²) in [6.07, 6.45) is 1.51. The van der Waals surface area contributed by atoms with Crippen molar-refractivity contribution in [3.8, 4) is 21.0 Å². The zero-order valence-electron chi connectivity index (χ0n) is 26.2. The van der Waals surface area contributed by atoms with Gasteiger partial charge in [-0.1, -0.05) is 6.07 Å². The molecular weight excluding hydrogens is 641 g/mol. The smallest absolute Gasteiger partial charge is 0.241 e. The molecule has 11 nitrogen and oxygen atoms in total. The molecule has 0 saturated heterocycles. The van der Waals surface area contributed by atoms with E-state index >= 15 is 0 Å². The van der Waals surface area contributed by atoms with Crippen LogP contribution in [0.1, 0.15) is 62.3 Å². The summed E-state index contributed by atoms with van der Waals surface area (Å²) >= 11 is 6.50. The molecule has 0 fully saturated rings. The maximum absolute atomic E-state index is 13.7. The topological polar surface area (TPSA) is 158 Å². The summed E-state index contributed by atoms with van der Waals surface area (Å²) in [6.45, 7) is 15.6. The number of rotatable bonds is 9. The van der Waals surface area contributed by atoms with E-state index in [-0.39, 0.29) is 21.7 Å². The van der Waals surface area contributed by atoms with Gasteiger partial charge in [0.25, 0.3) is 0 Å². The zero-order chi connectivity index (χ0) is 33.3. The minimum absolute atomic E-state index is 0.00298. The van der Waals surface area contributed by atoms with E-state index in [2.05, 4.69) is 30.4 Å². The molecular formula is C29H40N6O5S4. The highest BCUT2D eigenvalue weighted by molar-refractivity contribution is 7.90. The lowest BCUT2D eigenvalue weighted by molar-refractivity contribution is -0.114. The lowest BCUT2D eigenvalue weighted by Crippen LogP contribution is -2.40. The van der Waals surface area contributed by atoms with Gasteiger partial charge in [0.05, 0.1) is 14.7 Å². The third kappa shape index (κ3) is 9.78. The quantitative estimate of drug-likeness (QED) is 0.190. The fourth-order valence-electron chi connectivity index (χ4n) is 4.10. The molecule has 0 atom stereocenters. The number of benzene rings is 2. The first kappa shape index (κ1) is 35.5. The molecule has 3 aromatic rings. The molecule has 1 amide bonds. The highest BCUT2D eigenvalue weighted by atomic mass is 32.2. The van der Waals surface area contributed by atoms with Crippen LogP contribution < -0.4 is 25.4 Å². The Labute approximate surface area is 269 Å². The van der Waals surface area contributed by atoms with E-state index < -0.39 is 31.1 Å². The number of aromatic nitrogens is 1. The van der Waals surface area contributed by atoms with E-state index in [4.69, 9.17) is 12.2 Å². The van der Waals surface area contributed by atoms with Crippen molar-refractivity contribution in [3.63, 3.8) is 0 Å². The van der Waals surface area contributed by atoms with Crippen molar-refractivity contribution in [2.45, 2.75) is 89.2 Å². The maximum atomic E-state index is 13.7. The summed E-state index contributed by atoms with van der Waals surface area (Å²) < 4.78 is 59.7. The van der Waals surface area contributed by atoms with Crippen LogP contribution in [0.25, 0.3) is 21.0 Å². The molecule has 0 unspecified atom stereocenters. The molecule has 5 N–H and O–H groups in total. The van der Waals surface area contributed by atoms with Gasteiger partial charge in [0.15, 0.2) is 5.11 Å². The Kier molecular flexibility index (Phi) is 10.6. The number of nitrogens with one attached hydrogen (secondary N) is 5. The number of carbonyl (C=O) groups excluding carboxylic acids is 1. The van der Waals surface area contributed by atoms with E-state index in [1.807, 2.05) is 13.8 Å². The fraction of sp³-hybridized carbons (Fsp3) is 0.414. The molecule has 0 aliphatic carbocycles. The largest absolute Gasteiger partial charge is 0.360 e. The average molecular weight is 681 g/mol. The highest BCUT2D eigenvalue weighted by Crippen LogP contribution is 2.39. The van der Waals surface area contributed by atoms with Gasteiger partial charge in [-0.25, -0.2) is 31.3 Å². The van der Waals surface area contributed by atoms with Crippen LogP contribution in [0, 0.1) is 0 Å². The van der Waals surface area contributed by atoms with Crippen LogP contribution in [0.15, 0.2) is 52.4 Å². The van der Waals surface area contributed by atoms with Crippen molar-refractivity contribution >= 4 is 66.0 Å². The summed E-state index contributed by atoms with van der Waals surface area (Å²) in [5, 5.41) is 9.42. The van der Waals surface area contributed by atoms with Gasteiger partial charge in [0, 0.05) is 52.7 Å². The normalized spacial score (nSPS) is 12.7. The Hall–Kier alpha value is -2.95. The molecule has 1 heterocycles. The number of thiazole rings is 1. The first-order valence-electron chi connectivity index (χ1n) is 13.7. The minimum Gasteiger partial charge on any atom is -0.360 e. The first-order valence-corrected chi connectivity index (χ1v) is 17.9. The monoisotopic (exact) mass is 680 g/mol. The predicted molar refractivity (Wildman–Crippen MR) is 182 cm³/mol. The lowest BCUT2D eigenvalue weighted by Gasteiger charge is -2.22. The van der Waals surface area contributed by atoms with E-state index in [0.29, 0.717) is 37.5 Å². The van der Waals surface area contributed by atoms with Crippen molar-refractivity contribution in [1.29, 1.82) is 0 Å².